The van der Waals surface area contributed by atoms with Gasteiger partial charge in [-0.25, -0.2) is 0 Å². The zero-order valence-electron chi connectivity index (χ0n) is 22.5. The van der Waals surface area contributed by atoms with Gasteiger partial charge in [-0.3, -0.25) is 29.3 Å². The highest BCUT2D eigenvalue weighted by atomic mass is 32.2. The summed E-state index contributed by atoms with van der Waals surface area (Å²) in [6.45, 7) is 4.23. The first-order chi connectivity index (χ1) is 19.9. The fraction of sp³-hybridized carbons (Fsp3) is 0.111. The van der Waals surface area contributed by atoms with Crippen LogP contribution >= 0.6 is 0 Å². The lowest BCUT2D eigenvalue weighted by Gasteiger charge is -2.26. The Balaban J connectivity index is 0.000000229. The minimum Gasteiger partial charge on any atom is -0.508 e. The second-order valence-electron chi connectivity index (χ2n) is 9.12. The van der Waals surface area contributed by atoms with Crippen LogP contribution in [0, 0.1) is 20.2 Å². The van der Waals surface area contributed by atoms with Crippen molar-refractivity contribution in [3.8, 4) is 11.5 Å². The second kappa shape index (κ2) is 13.8. The van der Waals surface area contributed by atoms with Gasteiger partial charge in [0.1, 0.15) is 11.5 Å². The summed E-state index contributed by atoms with van der Waals surface area (Å²) in [4.78, 5) is 17.5. The first-order valence-corrected chi connectivity index (χ1v) is 14.7. The van der Waals surface area contributed by atoms with Gasteiger partial charge in [0.2, 0.25) is 0 Å². The highest BCUT2D eigenvalue weighted by molar-refractivity contribution is 7.86. The SMILES string of the molecule is CC(C)(c1ccc(O)cc1)c1ccc(O)cc1.O=[N+]([O-])c1ccccc1S(=O)(=O)O.O=[N+]([O-])c1ccccc1S(=O)(=O)O. The molecule has 0 unspecified atom stereocenters. The van der Waals surface area contributed by atoms with Crippen molar-refractivity contribution >= 4 is 31.6 Å². The smallest absolute Gasteiger partial charge is 0.301 e. The van der Waals surface area contributed by atoms with Crippen molar-refractivity contribution in [3.63, 3.8) is 0 Å². The first-order valence-electron chi connectivity index (χ1n) is 11.9. The van der Waals surface area contributed by atoms with Crippen LogP contribution in [0.3, 0.4) is 0 Å². The van der Waals surface area contributed by atoms with E-state index in [-0.39, 0.29) is 16.9 Å². The number of nitro benzene ring substituents is 2. The number of hydrogen-bond acceptors (Lipinski definition) is 10. The summed E-state index contributed by atoms with van der Waals surface area (Å²) in [5.74, 6) is 0.547. The van der Waals surface area contributed by atoms with Crippen molar-refractivity contribution in [3.05, 3.63) is 128 Å². The molecule has 4 rings (SSSR count). The maximum absolute atomic E-state index is 10.6. The van der Waals surface area contributed by atoms with E-state index in [9.17, 15) is 47.3 Å². The van der Waals surface area contributed by atoms with Gasteiger partial charge in [-0.1, -0.05) is 62.4 Å². The molecule has 0 aliphatic heterocycles. The molecule has 0 aliphatic rings. The summed E-state index contributed by atoms with van der Waals surface area (Å²) in [6.07, 6.45) is 0. The van der Waals surface area contributed by atoms with Crippen molar-refractivity contribution in [1.82, 2.24) is 0 Å². The predicted molar refractivity (Wildman–Crippen MR) is 154 cm³/mol. The van der Waals surface area contributed by atoms with E-state index < -0.39 is 51.2 Å². The highest BCUT2D eigenvalue weighted by Gasteiger charge is 2.24. The zero-order valence-corrected chi connectivity index (χ0v) is 24.1. The fourth-order valence-corrected chi connectivity index (χ4v) is 4.89. The van der Waals surface area contributed by atoms with Crippen LogP contribution in [0.15, 0.2) is 107 Å². The van der Waals surface area contributed by atoms with Crippen molar-refractivity contribution in [1.29, 1.82) is 0 Å². The van der Waals surface area contributed by atoms with Gasteiger partial charge >= 0.3 is 20.2 Å². The van der Waals surface area contributed by atoms with Gasteiger partial charge < -0.3 is 10.2 Å². The Morgan fingerprint density at radius 2 is 0.837 bits per heavy atom. The molecule has 0 spiro atoms. The van der Waals surface area contributed by atoms with Crippen LogP contribution in [-0.4, -0.2) is 46.0 Å². The van der Waals surface area contributed by atoms with Crippen LogP contribution in [0.25, 0.3) is 0 Å². The number of phenolic OH excluding ortho intramolecular Hbond substituents is 2. The first kappa shape index (κ1) is 34.3. The molecule has 0 atom stereocenters. The third kappa shape index (κ3) is 9.57. The molecule has 0 heterocycles. The molecule has 4 N–H and O–H groups in total. The Morgan fingerprint density at radius 3 is 1.07 bits per heavy atom. The number of hydrogen-bond donors (Lipinski definition) is 4. The summed E-state index contributed by atoms with van der Waals surface area (Å²) in [5, 5.41) is 39.2. The fourth-order valence-electron chi connectivity index (χ4n) is 3.58. The van der Waals surface area contributed by atoms with E-state index in [1.165, 1.54) is 24.3 Å². The molecule has 0 aromatic heterocycles. The van der Waals surface area contributed by atoms with Crippen LogP contribution in [0.5, 0.6) is 11.5 Å². The van der Waals surface area contributed by atoms with E-state index in [1.54, 1.807) is 24.3 Å². The number of benzene rings is 4. The molecule has 0 aliphatic carbocycles. The predicted octanol–water partition coefficient (Wildman–Crippen LogP) is 5.11. The Kier molecular flexibility index (Phi) is 11.0. The van der Waals surface area contributed by atoms with Gasteiger partial charge in [0.05, 0.1) is 9.85 Å². The lowest BCUT2D eigenvalue weighted by molar-refractivity contribution is -0.388. The molecule has 0 saturated carbocycles. The maximum atomic E-state index is 10.6. The van der Waals surface area contributed by atoms with E-state index in [2.05, 4.69) is 13.8 Å². The van der Waals surface area contributed by atoms with Crippen LogP contribution in [-0.2, 0) is 25.7 Å². The lowest BCUT2D eigenvalue weighted by atomic mass is 9.78. The molecule has 0 radical (unpaired) electrons. The van der Waals surface area contributed by atoms with Crippen molar-refractivity contribution < 1.29 is 46.0 Å². The topological polar surface area (TPSA) is 235 Å². The maximum Gasteiger partial charge on any atom is 0.301 e. The monoisotopic (exact) mass is 634 g/mol. The largest absolute Gasteiger partial charge is 0.508 e. The summed E-state index contributed by atoms with van der Waals surface area (Å²) < 4.78 is 59.6. The van der Waals surface area contributed by atoms with Crippen molar-refractivity contribution in [2.75, 3.05) is 0 Å². The Morgan fingerprint density at radius 1 is 0.558 bits per heavy atom. The van der Waals surface area contributed by atoms with Crippen molar-refractivity contribution in [2.45, 2.75) is 29.1 Å². The number of nitro groups is 2. The third-order valence-corrected chi connectivity index (χ3v) is 7.66. The van der Waals surface area contributed by atoms with E-state index in [1.807, 2.05) is 24.3 Å². The molecule has 4 aromatic rings. The molecule has 43 heavy (non-hydrogen) atoms. The normalized spacial score (nSPS) is 11.3. The minimum atomic E-state index is -4.52. The van der Waals surface area contributed by atoms with Crippen LogP contribution in [0.1, 0.15) is 25.0 Å². The van der Waals surface area contributed by atoms with Crippen LogP contribution < -0.4 is 0 Å². The van der Waals surface area contributed by atoms with Gasteiger partial charge in [0.15, 0.2) is 9.79 Å². The molecule has 0 bridgehead atoms. The Labute approximate surface area is 246 Å². The zero-order chi connectivity index (χ0) is 32.6. The molecule has 16 heteroatoms. The van der Waals surface area contributed by atoms with Gasteiger partial charge in [-0.05, 0) is 47.5 Å². The summed E-state index contributed by atoms with van der Waals surface area (Å²) in [5.41, 5.74) is 0.832. The number of nitrogens with zero attached hydrogens (tertiary/aromatic N) is 2. The van der Waals surface area contributed by atoms with E-state index in [0.717, 1.165) is 35.4 Å². The Bertz CT molecular complexity index is 1670. The average Bonchev–Trinajstić information content (AvgIpc) is 2.93. The van der Waals surface area contributed by atoms with Crippen LogP contribution in [0.2, 0.25) is 0 Å². The van der Waals surface area contributed by atoms with Crippen LogP contribution in [0.4, 0.5) is 11.4 Å². The molecule has 4 aromatic carbocycles. The standard InChI is InChI=1S/C15H16O2.2C6H5NO5S/c1-15(2,11-3-7-13(16)8-4-11)12-5-9-14(17)10-6-12;2*8-7(9)5-3-1-2-4-6(5)13(10,11)12/h3-10,16-17H,1-2H3;2*1-4H,(H,10,11,12). The third-order valence-electron chi connectivity index (χ3n) is 5.86. The van der Waals surface area contributed by atoms with Gasteiger partial charge in [-0.15, -0.1) is 0 Å². The van der Waals surface area contributed by atoms with E-state index in [0.29, 0.717) is 0 Å². The van der Waals surface area contributed by atoms with E-state index in [4.69, 9.17) is 9.11 Å². The highest BCUT2D eigenvalue weighted by Crippen LogP contribution is 2.33. The molecule has 0 fully saturated rings. The quantitative estimate of drug-likeness (QED) is 0.123. The number of rotatable bonds is 6. The van der Waals surface area contributed by atoms with Gasteiger partial charge in [0.25, 0.3) is 11.4 Å². The lowest BCUT2D eigenvalue weighted by Crippen LogP contribution is -2.18. The van der Waals surface area contributed by atoms with Gasteiger partial charge in [-0.2, -0.15) is 16.8 Å². The molecule has 228 valence electrons. The van der Waals surface area contributed by atoms with Gasteiger partial charge in [0, 0.05) is 17.5 Å². The molecular formula is C27H26N2O12S2. The molecule has 14 nitrogen and oxygen atoms in total. The average molecular weight is 635 g/mol. The second-order valence-corrected chi connectivity index (χ2v) is 11.9. The van der Waals surface area contributed by atoms with E-state index >= 15 is 0 Å². The summed E-state index contributed by atoms with van der Waals surface area (Å²) in [7, 11) is -9.04. The summed E-state index contributed by atoms with van der Waals surface area (Å²) >= 11 is 0. The number of aromatic hydroxyl groups is 2. The Hall–Kier alpha value is -4.90. The number of phenols is 2. The minimum absolute atomic E-state index is 0.151. The molecular weight excluding hydrogens is 608 g/mol. The number of para-hydroxylation sites is 2. The summed E-state index contributed by atoms with van der Waals surface area (Å²) in [6, 6.07) is 23.6. The van der Waals surface area contributed by atoms with Crippen molar-refractivity contribution in [2.24, 2.45) is 0 Å². The molecule has 0 saturated heterocycles. The molecule has 0 amide bonds.